The highest BCUT2D eigenvalue weighted by Crippen LogP contribution is 2.23. The molecule has 0 radical (unpaired) electrons. The van der Waals surface area contributed by atoms with Crippen LogP contribution in [0.3, 0.4) is 0 Å². The average molecular weight is 338 g/mol. The standard InChI is InChI=1S/C20H26N4O/c25-20(22-18-7-6-17-14-21-23-19(17)13-18)24-10-8-16(9-11-24)12-15-4-2-1-3-5-15/h1-5,14,16,18H,6-13H2,(H,21,23)(H,22,25). The molecule has 2 amide bonds. The van der Waals surface area contributed by atoms with Crippen LogP contribution in [0.4, 0.5) is 4.79 Å². The number of piperidine rings is 1. The lowest BCUT2D eigenvalue weighted by Gasteiger charge is -2.34. The maximum Gasteiger partial charge on any atom is 0.317 e. The number of fused-ring (bicyclic) bond motifs is 1. The van der Waals surface area contributed by atoms with Gasteiger partial charge < -0.3 is 10.2 Å². The van der Waals surface area contributed by atoms with Crippen LogP contribution in [0.2, 0.25) is 0 Å². The highest BCUT2D eigenvalue weighted by Gasteiger charge is 2.26. The molecule has 5 heteroatoms. The first-order valence-electron chi connectivity index (χ1n) is 9.38. The molecule has 2 heterocycles. The molecule has 25 heavy (non-hydrogen) atoms. The number of likely N-dealkylation sites (tertiary alicyclic amines) is 1. The van der Waals surface area contributed by atoms with Crippen molar-refractivity contribution < 1.29 is 4.79 Å². The van der Waals surface area contributed by atoms with Gasteiger partial charge >= 0.3 is 6.03 Å². The number of hydrogen-bond donors (Lipinski definition) is 2. The van der Waals surface area contributed by atoms with E-state index < -0.39 is 0 Å². The fraction of sp³-hybridized carbons (Fsp3) is 0.500. The molecular formula is C20H26N4O. The zero-order valence-electron chi connectivity index (χ0n) is 14.6. The van der Waals surface area contributed by atoms with Crippen LogP contribution in [-0.4, -0.2) is 40.3 Å². The minimum Gasteiger partial charge on any atom is -0.335 e. The Morgan fingerprint density at radius 2 is 2.00 bits per heavy atom. The molecule has 0 bridgehead atoms. The molecule has 1 unspecified atom stereocenters. The molecule has 2 aromatic rings. The maximum atomic E-state index is 12.6. The number of carbonyl (C=O) groups is 1. The van der Waals surface area contributed by atoms with E-state index in [2.05, 4.69) is 45.8 Å². The summed E-state index contributed by atoms with van der Waals surface area (Å²) < 4.78 is 0. The first kappa shape index (κ1) is 16.2. The van der Waals surface area contributed by atoms with Gasteiger partial charge in [-0.2, -0.15) is 5.10 Å². The van der Waals surface area contributed by atoms with Crippen molar-refractivity contribution >= 4 is 6.03 Å². The summed E-state index contributed by atoms with van der Waals surface area (Å²) in [5.74, 6) is 0.689. The Hall–Kier alpha value is -2.30. The number of hydrogen-bond acceptors (Lipinski definition) is 2. The molecule has 2 N–H and O–H groups in total. The number of aromatic nitrogens is 2. The minimum absolute atomic E-state index is 0.103. The molecule has 4 rings (SSSR count). The van der Waals surface area contributed by atoms with Crippen LogP contribution in [-0.2, 0) is 19.3 Å². The van der Waals surface area contributed by atoms with E-state index in [9.17, 15) is 4.79 Å². The molecule has 0 spiro atoms. The number of nitrogens with zero attached hydrogens (tertiary/aromatic N) is 2. The highest BCUT2D eigenvalue weighted by molar-refractivity contribution is 5.74. The van der Waals surface area contributed by atoms with E-state index in [0.717, 1.165) is 51.6 Å². The van der Waals surface area contributed by atoms with Crippen molar-refractivity contribution in [2.75, 3.05) is 13.1 Å². The Kier molecular flexibility index (Phi) is 4.72. The maximum absolute atomic E-state index is 12.6. The first-order chi connectivity index (χ1) is 12.3. The van der Waals surface area contributed by atoms with Crippen molar-refractivity contribution in [2.45, 2.75) is 44.6 Å². The monoisotopic (exact) mass is 338 g/mol. The summed E-state index contributed by atoms with van der Waals surface area (Å²) >= 11 is 0. The number of H-pyrrole nitrogens is 1. The van der Waals surface area contributed by atoms with E-state index in [1.54, 1.807) is 0 Å². The van der Waals surface area contributed by atoms with Crippen LogP contribution in [0.5, 0.6) is 0 Å². The topological polar surface area (TPSA) is 61.0 Å². The number of amides is 2. The summed E-state index contributed by atoms with van der Waals surface area (Å²) in [5.41, 5.74) is 3.88. The van der Waals surface area contributed by atoms with Crippen molar-refractivity contribution in [1.29, 1.82) is 0 Å². The van der Waals surface area contributed by atoms with Crippen LogP contribution in [0.25, 0.3) is 0 Å². The SMILES string of the molecule is O=C(NC1CCc2cn[nH]c2C1)N1CCC(Cc2ccccc2)CC1. The fourth-order valence-corrected chi connectivity index (χ4v) is 4.08. The molecule has 2 aliphatic rings. The molecule has 1 aromatic heterocycles. The number of urea groups is 1. The fourth-order valence-electron chi connectivity index (χ4n) is 4.08. The van der Waals surface area contributed by atoms with E-state index in [1.807, 2.05) is 11.1 Å². The van der Waals surface area contributed by atoms with E-state index in [4.69, 9.17) is 0 Å². The zero-order valence-corrected chi connectivity index (χ0v) is 14.6. The number of aryl methyl sites for hydroxylation is 1. The Labute approximate surface area is 148 Å². The lowest BCUT2D eigenvalue weighted by Crippen LogP contribution is -2.49. The summed E-state index contributed by atoms with van der Waals surface area (Å²) in [4.78, 5) is 14.6. The van der Waals surface area contributed by atoms with Gasteiger partial charge in [-0.05, 0) is 49.1 Å². The largest absolute Gasteiger partial charge is 0.335 e. The van der Waals surface area contributed by atoms with E-state index in [0.29, 0.717) is 5.92 Å². The van der Waals surface area contributed by atoms with Gasteiger partial charge in [0.1, 0.15) is 0 Å². The van der Waals surface area contributed by atoms with Gasteiger partial charge in [-0.3, -0.25) is 5.10 Å². The molecule has 0 saturated carbocycles. The van der Waals surface area contributed by atoms with Crippen LogP contribution in [0.1, 0.15) is 36.1 Å². The molecule has 1 aliphatic heterocycles. The van der Waals surface area contributed by atoms with Gasteiger partial charge in [0.2, 0.25) is 0 Å². The van der Waals surface area contributed by atoms with Gasteiger partial charge in [0, 0.05) is 31.2 Å². The predicted molar refractivity (Wildman–Crippen MR) is 97.4 cm³/mol. The zero-order chi connectivity index (χ0) is 17.1. The number of aromatic amines is 1. The predicted octanol–water partition coefficient (Wildman–Crippen LogP) is 2.93. The van der Waals surface area contributed by atoms with Crippen molar-refractivity contribution in [3.05, 3.63) is 53.3 Å². The molecule has 132 valence electrons. The van der Waals surface area contributed by atoms with Crippen LogP contribution < -0.4 is 5.32 Å². The van der Waals surface area contributed by atoms with Gasteiger partial charge in [0.05, 0.1) is 6.20 Å². The summed E-state index contributed by atoms with van der Waals surface area (Å²) in [6.07, 6.45) is 8.09. The third-order valence-corrected chi connectivity index (χ3v) is 5.62. The van der Waals surface area contributed by atoms with Gasteiger partial charge in [-0.15, -0.1) is 0 Å². The number of benzene rings is 1. The minimum atomic E-state index is 0.103. The Bertz CT molecular complexity index is 703. The Balaban J connectivity index is 1.24. The third kappa shape index (κ3) is 3.86. The van der Waals surface area contributed by atoms with Crippen LogP contribution in [0.15, 0.2) is 36.5 Å². The van der Waals surface area contributed by atoms with Crippen molar-refractivity contribution in [3.8, 4) is 0 Å². The third-order valence-electron chi connectivity index (χ3n) is 5.62. The number of nitrogens with one attached hydrogen (secondary N) is 2. The normalized spacial score (nSPS) is 21.0. The quantitative estimate of drug-likeness (QED) is 0.904. The van der Waals surface area contributed by atoms with Gasteiger partial charge in [0.15, 0.2) is 0 Å². The van der Waals surface area contributed by atoms with Crippen LogP contribution >= 0.6 is 0 Å². The molecule has 1 atom stereocenters. The molecule has 1 aliphatic carbocycles. The summed E-state index contributed by atoms with van der Waals surface area (Å²) in [5, 5.41) is 10.4. The smallest absolute Gasteiger partial charge is 0.317 e. The van der Waals surface area contributed by atoms with Crippen LogP contribution in [0, 0.1) is 5.92 Å². The molecule has 1 aromatic carbocycles. The molecular weight excluding hydrogens is 312 g/mol. The Morgan fingerprint density at radius 1 is 1.20 bits per heavy atom. The molecule has 1 saturated heterocycles. The lowest BCUT2D eigenvalue weighted by molar-refractivity contribution is 0.166. The van der Waals surface area contributed by atoms with Crippen molar-refractivity contribution in [2.24, 2.45) is 5.92 Å². The second-order valence-corrected chi connectivity index (χ2v) is 7.38. The van der Waals surface area contributed by atoms with E-state index in [-0.39, 0.29) is 12.1 Å². The lowest BCUT2D eigenvalue weighted by atomic mass is 9.90. The summed E-state index contributed by atoms with van der Waals surface area (Å²) in [7, 11) is 0. The summed E-state index contributed by atoms with van der Waals surface area (Å²) in [6, 6.07) is 11.0. The Morgan fingerprint density at radius 3 is 2.80 bits per heavy atom. The van der Waals surface area contributed by atoms with Gasteiger partial charge in [0.25, 0.3) is 0 Å². The molecule has 5 nitrogen and oxygen atoms in total. The number of rotatable bonds is 3. The molecule has 1 fully saturated rings. The number of carbonyl (C=O) groups excluding carboxylic acids is 1. The first-order valence-corrected chi connectivity index (χ1v) is 9.38. The van der Waals surface area contributed by atoms with Crippen molar-refractivity contribution in [1.82, 2.24) is 20.4 Å². The summed E-state index contributed by atoms with van der Waals surface area (Å²) in [6.45, 7) is 1.73. The van der Waals surface area contributed by atoms with Gasteiger partial charge in [-0.25, -0.2) is 4.79 Å². The van der Waals surface area contributed by atoms with Crippen molar-refractivity contribution in [3.63, 3.8) is 0 Å². The van der Waals surface area contributed by atoms with Gasteiger partial charge in [-0.1, -0.05) is 30.3 Å². The average Bonchev–Trinajstić information content (AvgIpc) is 3.11. The second kappa shape index (κ2) is 7.30. The van der Waals surface area contributed by atoms with E-state index >= 15 is 0 Å². The van der Waals surface area contributed by atoms with E-state index in [1.165, 1.54) is 16.8 Å². The highest BCUT2D eigenvalue weighted by atomic mass is 16.2. The second-order valence-electron chi connectivity index (χ2n) is 7.38.